The van der Waals surface area contributed by atoms with Crippen molar-refractivity contribution in [1.82, 2.24) is 0 Å². The molecule has 0 unspecified atom stereocenters. The molecule has 0 bridgehead atoms. The van der Waals surface area contributed by atoms with E-state index in [0.717, 1.165) is 12.8 Å². The molecule has 0 aromatic carbocycles. The van der Waals surface area contributed by atoms with Crippen molar-refractivity contribution in [3.05, 3.63) is 6.42 Å². The lowest BCUT2D eigenvalue weighted by molar-refractivity contribution is -0.169. The van der Waals surface area contributed by atoms with Crippen molar-refractivity contribution in [2.24, 2.45) is 5.92 Å². The van der Waals surface area contributed by atoms with Gasteiger partial charge in [0, 0.05) is 0 Å². The smallest absolute Gasteiger partial charge is 0.171 e. The van der Waals surface area contributed by atoms with E-state index in [4.69, 9.17) is 0 Å². The third kappa shape index (κ3) is 1.89. The van der Waals surface area contributed by atoms with Crippen LogP contribution in [0, 0.1) is 12.3 Å². The zero-order valence-electron chi connectivity index (χ0n) is 5.62. The van der Waals surface area contributed by atoms with Crippen LogP contribution in [0.3, 0.4) is 0 Å². The Balaban J connectivity index is 2.39. The first-order valence-electron chi connectivity index (χ1n) is 3.51. The monoisotopic (exact) mass is 151 g/mol. The molecule has 0 heterocycles. The Kier molecular flexibility index (Phi) is 2.21. The maximum Gasteiger partial charge on any atom is 0.392 e. The van der Waals surface area contributed by atoms with Gasteiger partial charge in [0.15, 0.2) is 0 Å². The SMILES string of the molecule is FC(F)(F)[C@H]1[CH]CCCC1. The Bertz CT molecular complexity index is 99.9. The first-order valence-corrected chi connectivity index (χ1v) is 3.51. The molecule has 0 aromatic rings. The molecular formula is C7H10F3. The summed E-state index contributed by atoms with van der Waals surface area (Å²) in [5, 5.41) is 0. The Morgan fingerprint density at radius 1 is 1.20 bits per heavy atom. The van der Waals surface area contributed by atoms with Crippen LogP contribution < -0.4 is 0 Å². The van der Waals surface area contributed by atoms with Gasteiger partial charge in [-0.2, -0.15) is 13.2 Å². The van der Waals surface area contributed by atoms with Gasteiger partial charge in [0.25, 0.3) is 0 Å². The average Bonchev–Trinajstić information content (AvgIpc) is 1.88. The molecule has 0 aromatic heterocycles. The largest absolute Gasteiger partial charge is 0.392 e. The van der Waals surface area contributed by atoms with E-state index >= 15 is 0 Å². The van der Waals surface area contributed by atoms with Crippen molar-refractivity contribution >= 4 is 0 Å². The molecule has 59 valence electrons. The molecule has 0 amide bonds. The number of rotatable bonds is 0. The topological polar surface area (TPSA) is 0 Å². The molecule has 0 nitrogen and oxygen atoms in total. The predicted molar refractivity (Wildman–Crippen MR) is 32.3 cm³/mol. The molecule has 0 N–H and O–H groups in total. The van der Waals surface area contributed by atoms with Crippen molar-refractivity contribution in [3.63, 3.8) is 0 Å². The summed E-state index contributed by atoms with van der Waals surface area (Å²) in [7, 11) is 0. The standard InChI is InChI=1S/C7H10F3/c8-7(9,10)6-4-2-1-3-5-6/h4,6H,1-3,5H2/t6-/m0/s1. The molecule has 10 heavy (non-hydrogen) atoms. The lowest BCUT2D eigenvalue weighted by Crippen LogP contribution is -2.25. The molecule has 1 aliphatic rings. The van der Waals surface area contributed by atoms with E-state index in [1.807, 2.05) is 0 Å². The molecular weight excluding hydrogens is 141 g/mol. The van der Waals surface area contributed by atoms with Crippen molar-refractivity contribution in [1.29, 1.82) is 0 Å². The Labute approximate surface area is 58.4 Å². The summed E-state index contributed by atoms with van der Waals surface area (Å²) in [6.45, 7) is 0. The van der Waals surface area contributed by atoms with Gasteiger partial charge in [-0.05, 0) is 19.3 Å². The van der Waals surface area contributed by atoms with Crippen LogP contribution in [0.15, 0.2) is 0 Å². The van der Waals surface area contributed by atoms with Gasteiger partial charge < -0.3 is 0 Å². The summed E-state index contributed by atoms with van der Waals surface area (Å²) in [6.07, 6.45) is -0.0230. The number of hydrogen-bond acceptors (Lipinski definition) is 0. The minimum Gasteiger partial charge on any atom is -0.171 e. The highest BCUT2D eigenvalue weighted by molar-refractivity contribution is 4.85. The van der Waals surface area contributed by atoms with Gasteiger partial charge in [-0.15, -0.1) is 0 Å². The lowest BCUT2D eigenvalue weighted by atomic mass is 9.89. The van der Waals surface area contributed by atoms with Gasteiger partial charge in [0.2, 0.25) is 0 Å². The molecule has 1 atom stereocenters. The van der Waals surface area contributed by atoms with Crippen LogP contribution in [0.1, 0.15) is 25.7 Å². The van der Waals surface area contributed by atoms with Crippen LogP contribution in [-0.4, -0.2) is 6.18 Å². The highest BCUT2D eigenvalue weighted by Crippen LogP contribution is 2.36. The van der Waals surface area contributed by atoms with Gasteiger partial charge in [0.05, 0.1) is 5.92 Å². The Hall–Kier alpha value is -0.210. The van der Waals surface area contributed by atoms with Crippen LogP contribution >= 0.6 is 0 Å². The van der Waals surface area contributed by atoms with Crippen molar-refractivity contribution in [3.8, 4) is 0 Å². The first-order chi connectivity index (χ1) is 4.61. The zero-order chi connectivity index (χ0) is 7.61. The van der Waals surface area contributed by atoms with E-state index in [9.17, 15) is 13.2 Å². The lowest BCUT2D eigenvalue weighted by Gasteiger charge is -2.23. The molecule has 0 spiro atoms. The first kappa shape index (κ1) is 7.89. The second-order valence-corrected chi connectivity index (χ2v) is 2.67. The number of alkyl halides is 3. The molecule has 0 aliphatic heterocycles. The molecule has 1 saturated carbocycles. The average molecular weight is 151 g/mol. The van der Waals surface area contributed by atoms with Crippen LogP contribution in [0.2, 0.25) is 0 Å². The van der Waals surface area contributed by atoms with Gasteiger partial charge >= 0.3 is 6.18 Å². The van der Waals surface area contributed by atoms with Gasteiger partial charge in [-0.1, -0.05) is 12.8 Å². The third-order valence-corrected chi connectivity index (χ3v) is 1.84. The van der Waals surface area contributed by atoms with Gasteiger partial charge in [-0.3, -0.25) is 0 Å². The quantitative estimate of drug-likeness (QED) is 0.499. The Morgan fingerprint density at radius 3 is 2.20 bits per heavy atom. The molecule has 1 radical (unpaired) electrons. The van der Waals surface area contributed by atoms with Crippen molar-refractivity contribution < 1.29 is 13.2 Å². The minimum absolute atomic E-state index is 0.295. The summed E-state index contributed by atoms with van der Waals surface area (Å²) < 4.78 is 35.7. The summed E-state index contributed by atoms with van der Waals surface area (Å²) in [6, 6.07) is 0. The highest BCUT2D eigenvalue weighted by Gasteiger charge is 2.39. The third-order valence-electron chi connectivity index (χ3n) is 1.84. The fourth-order valence-corrected chi connectivity index (χ4v) is 1.24. The summed E-state index contributed by atoms with van der Waals surface area (Å²) >= 11 is 0. The zero-order valence-corrected chi connectivity index (χ0v) is 5.62. The maximum absolute atomic E-state index is 11.9. The van der Waals surface area contributed by atoms with E-state index in [1.165, 1.54) is 6.42 Å². The predicted octanol–water partition coefficient (Wildman–Crippen LogP) is 2.94. The van der Waals surface area contributed by atoms with E-state index in [0.29, 0.717) is 12.8 Å². The van der Waals surface area contributed by atoms with E-state index < -0.39 is 12.1 Å². The molecule has 1 aliphatic carbocycles. The van der Waals surface area contributed by atoms with Crippen molar-refractivity contribution in [2.45, 2.75) is 31.9 Å². The molecule has 3 heteroatoms. The van der Waals surface area contributed by atoms with E-state index in [1.54, 1.807) is 0 Å². The number of hydrogen-bond donors (Lipinski definition) is 0. The van der Waals surface area contributed by atoms with Crippen LogP contribution in [0.4, 0.5) is 13.2 Å². The van der Waals surface area contributed by atoms with E-state index in [-0.39, 0.29) is 0 Å². The van der Waals surface area contributed by atoms with Gasteiger partial charge in [0.1, 0.15) is 0 Å². The fraction of sp³-hybridized carbons (Fsp3) is 0.857. The summed E-state index contributed by atoms with van der Waals surface area (Å²) in [5.41, 5.74) is 0. The normalized spacial score (nSPS) is 23.1. The Morgan fingerprint density at radius 2 is 1.90 bits per heavy atom. The molecule has 0 saturated heterocycles. The van der Waals surface area contributed by atoms with Crippen LogP contribution in [-0.2, 0) is 0 Å². The highest BCUT2D eigenvalue weighted by atomic mass is 19.4. The summed E-state index contributed by atoms with van der Waals surface area (Å²) in [5.74, 6) is -1.12. The molecule has 1 fully saturated rings. The van der Waals surface area contributed by atoms with Gasteiger partial charge in [-0.25, -0.2) is 0 Å². The van der Waals surface area contributed by atoms with E-state index in [2.05, 4.69) is 0 Å². The summed E-state index contributed by atoms with van der Waals surface area (Å²) in [4.78, 5) is 0. The van der Waals surface area contributed by atoms with Crippen molar-refractivity contribution in [2.75, 3.05) is 0 Å². The second kappa shape index (κ2) is 2.81. The second-order valence-electron chi connectivity index (χ2n) is 2.67. The van der Waals surface area contributed by atoms with Crippen LogP contribution in [0.25, 0.3) is 0 Å². The fourth-order valence-electron chi connectivity index (χ4n) is 1.24. The number of halogens is 3. The minimum atomic E-state index is -3.99. The van der Waals surface area contributed by atoms with Crippen LogP contribution in [0.5, 0.6) is 0 Å². The molecule has 1 rings (SSSR count). The maximum atomic E-state index is 11.9.